The zero-order chi connectivity index (χ0) is 13.2. The molecule has 0 aliphatic carbocycles. The second-order valence-electron chi connectivity index (χ2n) is 5.54. The summed E-state index contributed by atoms with van der Waals surface area (Å²) in [5, 5.41) is 9.24. The molecular formula is C14H19BrO3. The molecule has 0 spiro atoms. The number of phenolic OH excluding ortho intramolecular Hbond substituents is 1. The van der Waals surface area contributed by atoms with E-state index in [9.17, 15) is 5.11 Å². The van der Waals surface area contributed by atoms with Crippen LogP contribution < -0.4 is 0 Å². The van der Waals surface area contributed by atoms with E-state index in [0.717, 1.165) is 25.2 Å². The van der Waals surface area contributed by atoms with Crippen molar-refractivity contribution in [1.82, 2.24) is 0 Å². The predicted octanol–water partition coefficient (Wildman–Crippen LogP) is 3.10. The Morgan fingerprint density at radius 2 is 1.83 bits per heavy atom. The third-order valence-electron chi connectivity index (χ3n) is 2.94. The molecule has 1 atom stereocenters. The Balaban J connectivity index is 1.89. The van der Waals surface area contributed by atoms with Gasteiger partial charge in [-0.1, -0.05) is 41.9 Å². The highest BCUT2D eigenvalue weighted by atomic mass is 79.9. The first kappa shape index (κ1) is 13.8. The van der Waals surface area contributed by atoms with Crippen molar-refractivity contribution in [3.63, 3.8) is 0 Å². The van der Waals surface area contributed by atoms with Crippen molar-refractivity contribution in [2.24, 2.45) is 5.41 Å². The van der Waals surface area contributed by atoms with Crippen LogP contribution in [0.15, 0.2) is 24.3 Å². The molecule has 0 radical (unpaired) electrons. The Labute approximate surface area is 116 Å². The van der Waals surface area contributed by atoms with E-state index in [0.29, 0.717) is 0 Å². The van der Waals surface area contributed by atoms with E-state index in [-0.39, 0.29) is 22.3 Å². The van der Waals surface area contributed by atoms with Gasteiger partial charge in [-0.25, -0.2) is 0 Å². The van der Waals surface area contributed by atoms with Crippen molar-refractivity contribution >= 4 is 15.9 Å². The van der Waals surface area contributed by atoms with E-state index >= 15 is 0 Å². The molecule has 0 amide bonds. The van der Waals surface area contributed by atoms with Crippen LogP contribution in [0.1, 0.15) is 19.4 Å². The Morgan fingerprint density at radius 3 is 2.39 bits per heavy atom. The van der Waals surface area contributed by atoms with Crippen LogP contribution in [0.2, 0.25) is 0 Å². The van der Waals surface area contributed by atoms with Gasteiger partial charge in [-0.05, 0) is 24.1 Å². The number of hydrogen-bond donors (Lipinski definition) is 1. The predicted molar refractivity (Wildman–Crippen MR) is 74.0 cm³/mol. The molecule has 1 saturated heterocycles. The van der Waals surface area contributed by atoms with Crippen molar-refractivity contribution in [1.29, 1.82) is 0 Å². The fourth-order valence-electron chi connectivity index (χ4n) is 1.87. The third-order valence-corrected chi connectivity index (χ3v) is 3.69. The topological polar surface area (TPSA) is 38.7 Å². The zero-order valence-corrected chi connectivity index (χ0v) is 12.3. The summed E-state index contributed by atoms with van der Waals surface area (Å²) in [5.74, 6) is 0.289. The molecule has 2 rings (SSSR count). The molecule has 100 valence electrons. The van der Waals surface area contributed by atoms with Crippen LogP contribution in [-0.2, 0) is 15.9 Å². The molecule has 4 heteroatoms. The molecule has 18 heavy (non-hydrogen) atoms. The van der Waals surface area contributed by atoms with E-state index in [1.165, 1.54) is 0 Å². The van der Waals surface area contributed by atoms with Gasteiger partial charge in [0.15, 0.2) is 6.29 Å². The summed E-state index contributed by atoms with van der Waals surface area (Å²) in [7, 11) is 0. The van der Waals surface area contributed by atoms with Gasteiger partial charge in [-0.2, -0.15) is 0 Å². The van der Waals surface area contributed by atoms with Gasteiger partial charge in [0.1, 0.15) is 5.75 Å². The van der Waals surface area contributed by atoms with Crippen LogP contribution in [0.25, 0.3) is 0 Å². The molecule has 0 saturated carbocycles. The molecular weight excluding hydrogens is 296 g/mol. The minimum Gasteiger partial charge on any atom is -0.508 e. The van der Waals surface area contributed by atoms with Crippen molar-refractivity contribution in [2.45, 2.75) is 31.4 Å². The van der Waals surface area contributed by atoms with Crippen molar-refractivity contribution < 1.29 is 14.6 Å². The first-order valence-corrected chi connectivity index (χ1v) is 7.03. The molecule has 1 aromatic rings. The van der Waals surface area contributed by atoms with Gasteiger partial charge < -0.3 is 14.6 Å². The summed E-state index contributed by atoms with van der Waals surface area (Å²) in [5.41, 5.74) is 1.24. The summed E-state index contributed by atoms with van der Waals surface area (Å²) in [6.07, 6.45) is 0.609. The monoisotopic (exact) mass is 314 g/mol. The second-order valence-corrected chi connectivity index (χ2v) is 6.72. The van der Waals surface area contributed by atoms with E-state index in [1.807, 2.05) is 12.1 Å². The van der Waals surface area contributed by atoms with Gasteiger partial charge in [-0.3, -0.25) is 0 Å². The van der Waals surface area contributed by atoms with Gasteiger partial charge in [0.25, 0.3) is 0 Å². The molecule has 0 aromatic heterocycles. The Morgan fingerprint density at radius 1 is 1.28 bits per heavy atom. The minimum absolute atomic E-state index is 0.0990. The van der Waals surface area contributed by atoms with Crippen LogP contribution in [0.5, 0.6) is 5.75 Å². The van der Waals surface area contributed by atoms with Crippen molar-refractivity contribution in [3.05, 3.63) is 29.8 Å². The molecule has 3 nitrogen and oxygen atoms in total. The van der Waals surface area contributed by atoms with Crippen LogP contribution in [0, 0.1) is 5.41 Å². The number of aromatic hydroxyl groups is 1. The van der Waals surface area contributed by atoms with Gasteiger partial charge in [0, 0.05) is 5.41 Å². The molecule has 0 bridgehead atoms. The fourth-order valence-corrected chi connectivity index (χ4v) is 2.55. The molecule has 1 fully saturated rings. The maximum atomic E-state index is 9.24. The lowest BCUT2D eigenvalue weighted by atomic mass is 9.95. The first-order valence-electron chi connectivity index (χ1n) is 6.11. The standard InChI is InChI=1S/C14H19BrO3/c1-14(2)8-17-13(18-9-14)12(15)7-10-3-5-11(16)6-4-10/h3-6,12-13,16H,7-9H2,1-2H3. The highest BCUT2D eigenvalue weighted by molar-refractivity contribution is 9.09. The molecule has 1 unspecified atom stereocenters. The maximum absolute atomic E-state index is 9.24. The fraction of sp³-hybridized carbons (Fsp3) is 0.571. The lowest BCUT2D eigenvalue weighted by molar-refractivity contribution is -0.219. The number of benzene rings is 1. The number of phenols is 1. The number of hydrogen-bond acceptors (Lipinski definition) is 3. The minimum atomic E-state index is -0.202. The van der Waals surface area contributed by atoms with Gasteiger partial charge in [0.2, 0.25) is 0 Å². The molecule has 1 aliphatic rings. The SMILES string of the molecule is CC1(C)COC(C(Br)Cc2ccc(O)cc2)OC1. The quantitative estimate of drug-likeness (QED) is 0.871. The van der Waals surface area contributed by atoms with Crippen molar-refractivity contribution in [2.75, 3.05) is 13.2 Å². The van der Waals surface area contributed by atoms with E-state index < -0.39 is 0 Å². The largest absolute Gasteiger partial charge is 0.508 e. The number of halogens is 1. The summed E-state index contributed by atoms with van der Waals surface area (Å²) in [4.78, 5) is 0.123. The highest BCUT2D eigenvalue weighted by Crippen LogP contribution is 2.27. The maximum Gasteiger partial charge on any atom is 0.170 e. The normalized spacial score (nSPS) is 21.7. The summed E-state index contributed by atoms with van der Waals surface area (Å²) in [6.45, 7) is 5.70. The lowest BCUT2D eigenvalue weighted by Crippen LogP contribution is -2.42. The highest BCUT2D eigenvalue weighted by Gasteiger charge is 2.32. The Kier molecular flexibility index (Phi) is 4.30. The van der Waals surface area contributed by atoms with E-state index in [2.05, 4.69) is 29.8 Å². The number of alkyl halides is 1. The lowest BCUT2D eigenvalue weighted by Gasteiger charge is -2.36. The van der Waals surface area contributed by atoms with Gasteiger partial charge >= 0.3 is 0 Å². The van der Waals surface area contributed by atoms with Crippen LogP contribution in [0.3, 0.4) is 0 Å². The number of ether oxygens (including phenoxy) is 2. The second kappa shape index (κ2) is 5.59. The Bertz CT molecular complexity index is 379. The molecule has 1 N–H and O–H groups in total. The smallest absolute Gasteiger partial charge is 0.170 e. The third kappa shape index (κ3) is 3.70. The van der Waals surface area contributed by atoms with Crippen LogP contribution >= 0.6 is 15.9 Å². The van der Waals surface area contributed by atoms with E-state index in [1.54, 1.807) is 12.1 Å². The van der Waals surface area contributed by atoms with Gasteiger partial charge in [0.05, 0.1) is 18.0 Å². The van der Waals surface area contributed by atoms with Crippen LogP contribution in [-0.4, -0.2) is 29.4 Å². The van der Waals surface area contributed by atoms with Gasteiger partial charge in [-0.15, -0.1) is 0 Å². The Hall–Kier alpha value is -0.580. The molecule has 1 aromatic carbocycles. The van der Waals surface area contributed by atoms with E-state index in [4.69, 9.17) is 9.47 Å². The van der Waals surface area contributed by atoms with Crippen molar-refractivity contribution in [3.8, 4) is 5.75 Å². The summed E-state index contributed by atoms with van der Waals surface area (Å²) >= 11 is 3.62. The molecule has 1 aliphatic heterocycles. The summed E-state index contributed by atoms with van der Waals surface area (Å²) < 4.78 is 11.5. The average molecular weight is 315 g/mol. The summed E-state index contributed by atoms with van der Waals surface area (Å²) in [6, 6.07) is 7.22. The van der Waals surface area contributed by atoms with Crippen LogP contribution in [0.4, 0.5) is 0 Å². The average Bonchev–Trinajstić information content (AvgIpc) is 2.32. The molecule has 1 heterocycles. The zero-order valence-electron chi connectivity index (χ0n) is 10.7. The number of rotatable bonds is 3. The first-order chi connectivity index (χ1) is 8.46.